The summed E-state index contributed by atoms with van der Waals surface area (Å²) < 4.78 is 20.7. The maximum Gasteiger partial charge on any atom is 0.164 e. The zero-order valence-electron chi connectivity index (χ0n) is 10.1. The highest BCUT2D eigenvalue weighted by atomic mass is 19.1. The Balaban J connectivity index is 2.04. The van der Waals surface area contributed by atoms with E-state index in [9.17, 15) is 4.39 Å². The van der Waals surface area contributed by atoms with Crippen LogP contribution in [-0.2, 0) is 19.7 Å². The molecule has 96 valence electrons. The molecule has 18 heavy (non-hydrogen) atoms. The van der Waals surface area contributed by atoms with Gasteiger partial charge in [0.15, 0.2) is 5.82 Å². The topological polar surface area (TPSA) is 66.0 Å². The Labute approximate surface area is 104 Å². The minimum Gasteiger partial charge on any atom is -0.486 e. The minimum absolute atomic E-state index is 0.177. The van der Waals surface area contributed by atoms with E-state index in [-0.39, 0.29) is 19.0 Å². The van der Waals surface area contributed by atoms with Crippen LogP contribution in [-0.4, -0.2) is 14.8 Å². The summed E-state index contributed by atoms with van der Waals surface area (Å²) in [5.74, 6) is 0.808. The van der Waals surface area contributed by atoms with Crippen LogP contribution < -0.4 is 10.5 Å². The van der Waals surface area contributed by atoms with Crippen molar-refractivity contribution >= 4 is 0 Å². The first kappa shape index (κ1) is 12.5. The highest BCUT2D eigenvalue weighted by Gasteiger charge is 2.06. The van der Waals surface area contributed by atoms with Crippen LogP contribution in [0.2, 0.25) is 0 Å². The third-order valence-corrected chi connectivity index (χ3v) is 2.61. The highest BCUT2D eigenvalue weighted by molar-refractivity contribution is 5.28. The van der Waals surface area contributed by atoms with Gasteiger partial charge < -0.3 is 10.5 Å². The first-order valence-corrected chi connectivity index (χ1v) is 5.72. The van der Waals surface area contributed by atoms with Gasteiger partial charge in [0.25, 0.3) is 0 Å². The van der Waals surface area contributed by atoms with E-state index in [2.05, 4.69) is 10.1 Å². The maximum atomic E-state index is 13.5. The molecule has 1 aromatic carbocycles. The molecule has 1 aromatic heterocycles. The molecule has 0 radical (unpaired) electrons. The largest absolute Gasteiger partial charge is 0.486 e. The van der Waals surface area contributed by atoms with Gasteiger partial charge in [-0.15, -0.1) is 0 Å². The van der Waals surface area contributed by atoms with Gasteiger partial charge in [-0.1, -0.05) is 6.07 Å². The molecule has 0 saturated carbocycles. The fourth-order valence-electron chi connectivity index (χ4n) is 1.60. The number of ether oxygens (including phenoxy) is 1. The third kappa shape index (κ3) is 2.65. The predicted octanol–water partition coefficient (Wildman–Crippen LogP) is 1.47. The molecule has 2 aromatic rings. The first-order valence-electron chi connectivity index (χ1n) is 5.72. The van der Waals surface area contributed by atoms with Gasteiger partial charge in [0.05, 0.1) is 0 Å². The van der Waals surface area contributed by atoms with E-state index in [4.69, 9.17) is 10.5 Å². The summed E-state index contributed by atoms with van der Waals surface area (Å²) in [5.41, 5.74) is 5.86. The average molecular weight is 250 g/mol. The lowest BCUT2D eigenvalue weighted by molar-refractivity contribution is 0.286. The van der Waals surface area contributed by atoms with Crippen LogP contribution in [0.4, 0.5) is 4.39 Å². The molecule has 0 aliphatic heterocycles. The van der Waals surface area contributed by atoms with Crippen LogP contribution >= 0.6 is 0 Å². The fraction of sp³-hybridized carbons (Fsp3) is 0.333. The molecule has 0 aliphatic rings. The number of hydrogen-bond donors (Lipinski definition) is 1. The molecule has 0 fully saturated rings. The molecule has 0 atom stereocenters. The molecule has 0 saturated heterocycles. The van der Waals surface area contributed by atoms with Gasteiger partial charge >= 0.3 is 0 Å². The molecular weight excluding hydrogens is 235 g/mol. The van der Waals surface area contributed by atoms with Crippen LogP contribution in [0.25, 0.3) is 0 Å². The monoisotopic (exact) mass is 250 g/mol. The third-order valence-electron chi connectivity index (χ3n) is 2.61. The SMILES string of the molecule is CCn1ncnc1COc1ccc(CN)c(F)c1. The summed E-state index contributed by atoms with van der Waals surface area (Å²) in [6.45, 7) is 3.12. The number of benzene rings is 1. The maximum absolute atomic E-state index is 13.5. The summed E-state index contributed by atoms with van der Waals surface area (Å²) >= 11 is 0. The van der Waals surface area contributed by atoms with Crippen molar-refractivity contribution in [3.8, 4) is 5.75 Å². The van der Waals surface area contributed by atoms with Gasteiger partial charge in [-0.25, -0.2) is 14.1 Å². The Kier molecular flexibility index (Phi) is 3.88. The van der Waals surface area contributed by atoms with Gasteiger partial charge in [-0.3, -0.25) is 0 Å². The summed E-state index contributed by atoms with van der Waals surface area (Å²) in [4.78, 5) is 4.07. The van der Waals surface area contributed by atoms with Crippen molar-refractivity contribution in [2.24, 2.45) is 5.73 Å². The molecule has 0 bridgehead atoms. The normalized spacial score (nSPS) is 10.6. The van der Waals surface area contributed by atoms with E-state index >= 15 is 0 Å². The molecule has 5 nitrogen and oxygen atoms in total. The van der Waals surface area contributed by atoms with Crippen LogP contribution in [0.5, 0.6) is 5.75 Å². The summed E-state index contributed by atoms with van der Waals surface area (Å²) in [5, 5.41) is 4.03. The van der Waals surface area contributed by atoms with Crippen molar-refractivity contribution in [3.05, 3.63) is 41.7 Å². The lowest BCUT2D eigenvalue weighted by atomic mass is 10.2. The zero-order valence-corrected chi connectivity index (χ0v) is 10.1. The Morgan fingerprint density at radius 2 is 2.28 bits per heavy atom. The zero-order chi connectivity index (χ0) is 13.0. The van der Waals surface area contributed by atoms with Crippen LogP contribution in [0.15, 0.2) is 24.5 Å². The van der Waals surface area contributed by atoms with E-state index in [0.717, 1.165) is 6.54 Å². The van der Waals surface area contributed by atoms with E-state index in [1.165, 1.54) is 12.4 Å². The van der Waals surface area contributed by atoms with Crippen molar-refractivity contribution in [3.63, 3.8) is 0 Å². The number of rotatable bonds is 5. The summed E-state index contributed by atoms with van der Waals surface area (Å²) in [6, 6.07) is 4.64. The Bertz CT molecular complexity index is 527. The fourth-order valence-corrected chi connectivity index (χ4v) is 1.60. The molecule has 0 amide bonds. The van der Waals surface area contributed by atoms with Gasteiger partial charge in [0.1, 0.15) is 24.5 Å². The van der Waals surface area contributed by atoms with Crippen molar-refractivity contribution in [1.82, 2.24) is 14.8 Å². The smallest absolute Gasteiger partial charge is 0.164 e. The Morgan fingerprint density at radius 1 is 1.44 bits per heavy atom. The standard InChI is InChI=1S/C12H15FN4O/c1-2-17-12(15-8-16-17)7-18-10-4-3-9(6-14)11(13)5-10/h3-5,8H,2,6-7,14H2,1H3. The molecule has 2 N–H and O–H groups in total. The van der Waals surface area contributed by atoms with E-state index in [0.29, 0.717) is 17.1 Å². The van der Waals surface area contributed by atoms with Crippen molar-refractivity contribution in [2.45, 2.75) is 26.6 Å². The first-order chi connectivity index (χ1) is 8.74. The lowest BCUT2D eigenvalue weighted by Gasteiger charge is -2.08. The van der Waals surface area contributed by atoms with Gasteiger partial charge in [-0.05, 0) is 13.0 Å². The van der Waals surface area contributed by atoms with Crippen LogP contribution in [0.3, 0.4) is 0 Å². The Morgan fingerprint density at radius 3 is 2.94 bits per heavy atom. The molecule has 0 aliphatic carbocycles. The van der Waals surface area contributed by atoms with Gasteiger partial charge in [0.2, 0.25) is 0 Å². The highest BCUT2D eigenvalue weighted by Crippen LogP contribution is 2.17. The molecule has 1 heterocycles. The second kappa shape index (κ2) is 5.59. The summed E-state index contributed by atoms with van der Waals surface area (Å²) in [6.07, 6.45) is 1.47. The molecule has 0 spiro atoms. The number of nitrogens with two attached hydrogens (primary N) is 1. The van der Waals surface area contributed by atoms with E-state index in [1.54, 1.807) is 16.8 Å². The van der Waals surface area contributed by atoms with Crippen LogP contribution in [0.1, 0.15) is 18.3 Å². The Hall–Kier alpha value is -1.95. The van der Waals surface area contributed by atoms with Crippen molar-refractivity contribution < 1.29 is 9.13 Å². The predicted molar refractivity (Wildman–Crippen MR) is 64.3 cm³/mol. The average Bonchev–Trinajstić information content (AvgIpc) is 2.84. The molecule has 6 heteroatoms. The van der Waals surface area contributed by atoms with Crippen LogP contribution in [0, 0.1) is 5.82 Å². The second-order valence-corrected chi connectivity index (χ2v) is 3.74. The second-order valence-electron chi connectivity index (χ2n) is 3.74. The van der Waals surface area contributed by atoms with Gasteiger partial charge in [-0.2, -0.15) is 5.10 Å². The number of aryl methyl sites for hydroxylation is 1. The molecule has 0 unspecified atom stereocenters. The minimum atomic E-state index is -0.355. The van der Waals surface area contributed by atoms with E-state index < -0.39 is 0 Å². The molecular formula is C12H15FN4O. The number of halogens is 1. The number of nitrogens with zero attached hydrogens (tertiary/aromatic N) is 3. The quantitative estimate of drug-likeness (QED) is 0.872. The van der Waals surface area contributed by atoms with Crippen molar-refractivity contribution in [1.29, 1.82) is 0 Å². The molecule has 2 rings (SSSR count). The number of aromatic nitrogens is 3. The van der Waals surface area contributed by atoms with E-state index in [1.807, 2.05) is 6.92 Å². The van der Waals surface area contributed by atoms with Crippen molar-refractivity contribution in [2.75, 3.05) is 0 Å². The number of hydrogen-bond acceptors (Lipinski definition) is 4. The lowest BCUT2D eigenvalue weighted by Crippen LogP contribution is -2.07. The van der Waals surface area contributed by atoms with Gasteiger partial charge in [0, 0.05) is 24.7 Å². The summed E-state index contributed by atoms with van der Waals surface area (Å²) in [7, 11) is 0.